The molecule has 8 nitrogen and oxygen atoms in total. The smallest absolute Gasteiger partial charge is 0.319 e. The summed E-state index contributed by atoms with van der Waals surface area (Å²) in [5, 5.41) is 5.84. The van der Waals surface area contributed by atoms with Gasteiger partial charge in [-0.1, -0.05) is 0 Å². The minimum atomic E-state index is -0.147. The molecule has 1 saturated carbocycles. The van der Waals surface area contributed by atoms with E-state index in [4.69, 9.17) is 14.7 Å². The molecule has 2 amide bonds. The molecule has 2 fully saturated rings. The number of rotatable bonds is 5. The minimum absolute atomic E-state index is 0.147. The van der Waals surface area contributed by atoms with Crippen LogP contribution in [0.15, 0.2) is 24.3 Å². The molecule has 2 N–H and O–H groups in total. The van der Waals surface area contributed by atoms with Crippen LogP contribution in [0.5, 0.6) is 0 Å². The van der Waals surface area contributed by atoms with E-state index < -0.39 is 0 Å². The number of carbonyl (C=O) groups is 1. The number of hydrogen-bond acceptors (Lipinski definition) is 6. The topological polar surface area (TPSA) is 82.6 Å². The molecule has 3 heterocycles. The highest BCUT2D eigenvalue weighted by Crippen LogP contribution is 2.34. The third-order valence-electron chi connectivity index (χ3n) is 6.47. The Morgan fingerprint density at radius 1 is 1.16 bits per heavy atom. The van der Waals surface area contributed by atoms with E-state index in [9.17, 15) is 4.79 Å². The van der Waals surface area contributed by atoms with Gasteiger partial charge in [0.25, 0.3) is 0 Å². The lowest BCUT2D eigenvalue weighted by atomic mass is 10.1. The lowest BCUT2D eigenvalue weighted by Gasteiger charge is -2.35. The number of morpholine rings is 1. The van der Waals surface area contributed by atoms with Crippen molar-refractivity contribution in [3.05, 3.63) is 35.5 Å². The van der Waals surface area contributed by atoms with E-state index in [-0.39, 0.29) is 12.1 Å². The Labute approximate surface area is 189 Å². The molecule has 1 aliphatic carbocycles. The molecule has 0 bridgehead atoms. The quantitative estimate of drug-likeness (QED) is 0.748. The molecule has 8 heteroatoms. The van der Waals surface area contributed by atoms with Gasteiger partial charge in [0.2, 0.25) is 0 Å². The van der Waals surface area contributed by atoms with Crippen molar-refractivity contribution in [1.82, 2.24) is 20.2 Å². The van der Waals surface area contributed by atoms with Gasteiger partial charge in [-0.2, -0.15) is 0 Å². The molecular weight excluding hydrogens is 404 g/mol. The van der Waals surface area contributed by atoms with Crippen molar-refractivity contribution in [1.29, 1.82) is 0 Å². The van der Waals surface area contributed by atoms with Crippen molar-refractivity contribution < 1.29 is 9.53 Å². The second-order valence-corrected chi connectivity index (χ2v) is 9.36. The van der Waals surface area contributed by atoms with E-state index in [1.54, 1.807) is 0 Å². The summed E-state index contributed by atoms with van der Waals surface area (Å²) < 4.78 is 5.66. The predicted molar refractivity (Wildman–Crippen MR) is 125 cm³/mol. The number of aromatic nitrogens is 2. The van der Waals surface area contributed by atoms with Gasteiger partial charge in [-0.15, -0.1) is 0 Å². The summed E-state index contributed by atoms with van der Waals surface area (Å²) >= 11 is 0. The molecule has 0 unspecified atom stereocenters. The van der Waals surface area contributed by atoms with Gasteiger partial charge in [0.1, 0.15) is 5.82 Å². The molecule has 3 aliphatic rings. The van der Waals surface area contributed by atoms with Gasteiger partial charge >= 0.3 is 6.03 Å². The van der Waals surface area contributed by atoms with E-state index in [2.05, 4.69) is 41.2 Å². The molecule has 1 saturated heterocycles. The Morgan fingerprint density at radius 2 is 1.94 bits per heavy atom. The van der Waals surface area contributed by atoms with Crippen LogP contribution in [-0.4, -0.2) is 58.8 Å². The SMILES string of the molecule is CC(C)N1Cc2nc(-c3ccc(NC(=O)NC4CC4)cc3)nc(N3CCOC[C@@H]3C)c2C1. The Balaban J connectivity index is 1.43. The first-order valence-corrected chi connectivity index (χ1v) is 11.6. The average Bonchev–Trinajstić information content (AvgIpc) is 3.47. The number of nitrogens with one attached hydrogen (secondary N) is 2. The number of fused-ring (bicyclic) bond motifs is 1. The fourth-order valence-electron chi connectivity index (χ4n) is 4.32. The number of amides is 2. The zero-order valence-electron chi connectivity index (χ0n) is 19.1. The van der Waals surface area contributed by atoms with Crippen LogP contribution in [0.1, 0.15) is 44.9 Å². The van der Waals surface area contributed by atoms with Crippen molar-refractivity contribution in [2.24, 2.45) is 0 Å². The summed E-state index contributed by atoms with van der Waals surface area (Å²) in [6.07, 6.45) is 2.14. The zero-order valence-corrected chi connectivity index (χ0v) is 19.1. The average molecular weight is 437 g/mol. The van der Waals surface area contributed by atoms with Crippen molar-refractivity contribution in [3.63, 3.8) is 0 Å². The Morgan fingerprint density at radius 3 is 2.62 bits per heavy atom. The second-order valence-electron chi connectivity index (χ2n) is 9.36. The number of benzene rings is 1. The summed E-state index contributed by atoms with van der Waals surface area (Å²) in [6.45, 7) is 10.6. The lowest BCUT2D eigenvalue weighted by Crippen LogP contribution is -2.44. The van der Waals surface area contributed by atoms with Crippen LogP contribution in [0, 0.1) is 0 Å². The normalized spacial score (nSPS) is 21.0. The van der Waals surface area contributed by atoms with Gasteiger partial charge in [0.05, 0.1) is 24.9 Å². The third kappa shape index (κ3) is 4.42. The molecular formula is C24H32N6O2. The highest BCUT2D eigenvalue weighted by atomic mass is 16.5. The zero-order chi connectivity index (χ0) is 22.2. The Bertz CT molecular complexity index is 989. The van der Waals surface area contributed by atoms with Crippen LogP contribution in [0.2, 0.25) is 0 Å². The molecule has 1 aromatic carbocycles. The maximum Gasteiger partial charge on any atom is 0.319 e. The van der Waals surface area contributed by atoms with Crippen LogP contribution in [0.25, 0.3) is 11.4 Å². The van der Waals surface area contributed by atoms with Gasteiger partial charge in [-0.25, -0.2) is 14.8 Å². The maximum absolute atomic E-state index is 12.0. The molecule has 5 rings (SSSR count). The summed E-state index contributed by atoms with van der Waals surface area (Å²) in [5.41, 5.74) is 4.07. The number of carbonyl (C=O) groups excluding carboxylic acids is 1. The highest BCUT2D eigenvalue weighted by Gasteiger charge is 2.31. The standard InChI is InChI=1S/C24H32N6O2/c1-15(2)29-12-20-21(13-29)27-22(28-23(20)30-10-11-32-14-16(30)3)17-4-6-18(7-5-17)25-24(31)26-19-8-9-19/h4-7,15-16,19H,8-14H2,1-3H3,(H2,25,26,31)/t16-/m0/s1. The first kappa shape index (κ1) is 21.2. The summed E-state index contributed by atoms with van der Waals surface area (Å²) in [5.74, 6) is 1.77. The number of hydrogen-bond donors (Lipinski definition) is 2. The highest BCUT2D eigenvalue weighted by molar-refractivity contribution is 5.89. The molecule has 1 atom stereocenters. The van der Waals surface area contributed by atoms with Crippen molar-refractivity contribution in [2.75, 3.05) is 30.0 Å². The van der Waals surface area contributed by atoms with Crippen LogP contribution in [-0.2, 0) is 17.8 Å². The minimum Gasteiger partial charge on any atom is -0.377 e. The number of ether oxygens (including phenoxy) is 1. The number of urea groups is 1. The molecule has 170 valence electrons. The molecule has 0 radical (unpaired) electrons. The number of anilines is 2. The van der Waals surface area contributed by atoms with Crippen molar-refractivity contribution in [2.45, 2.75) is 64.8 Å². The molecule has 1 aromatic heterocycles. The Kier molecular flexibility index (Phi) is 5.73. The van der Waals surface area contributed by atoms with Crippen LogP contribution >= 0.6 is 0 Å². The number of nitrogens with zero attached hydrogens (tertiary/aromatic N) is 4. The van der Waals surface area contributed by atoms with Crippen LogP contribution in [0.4, 0.5) is 16.3 Å². The van der Waals surface area contributed by atoms with E-state index in [1.165, 1.54) is 5.56 Å². The van der Waals surface area contributed by atoms with Crippen LogP contribution in [0.3, 0.4) is 0 Å². The van der Waals surface area contributed by atoms with Crippen LogP contribution < -0.4 is 15.5 Å². The monoisotopic (exact) mass is 436 g/mol. The van der Waals surface area contributed by atoms with Gasteiger partial charge in [0, 0.05) is 48.5 Å². The lowest BCUT2D eigenvalue weighted by molar-refractivity contribution is 0.0984. The van der Waals surface area contributed by atoms with Gasteiger partial charge in [-0.3, -0.25) is 4.90 Å². The molecule has 2 aliphatic heterocycles. The molecule has 32 heavy (non-hydrogen) atoms. The maximum atomic E-state index is 12.0. The first-order valence-electron chi connectivity index (χ1n) is 11.6. The fourth-order valence-corrected chi connectivity index (χ4v) is 4.32. The molecule has 0 spiro atoms. The van der Waals surface area contributed by atoms with E-state index in [0.29, 0.717) is 18.7 Å². The first-order chi connectivity index (χ1) is 15.5. The van der Waals surface area contributed by atoms with E-state index >= 15 is 0 Å². The van der Waals surface area contributed by atoms with Gasteiger partial charge < -0.3 is 20.3 Å². The summed E-state index contributed by atoms with van der Waals surface area (Å²) in [6, 6.07) is 8.71. The Hall–Kier alpha value is -2.71. The van der Waals surface area contributed by atoms with Gasteiger partial charge in [0.15, 0.2) is 5.82 Å². The van der Waals surface area contributed by atoms with E-state index in [1.807, 2.05) is 24.3 Å². The predicted octanol–water partition coefficient (Wildman–Crippen LogP) is 3.38. The van der Waals surface area contributed by atoms with Gasteiger partial charge in [-0.05, 0) is 57.9 Å². The third-order valence-corrected chi connectivity index (χ3v) is 6.47. The van der Waals surface area contributed by atoms with Crippen molar-refractivity contribution in [3.8, 4) is 11.4 Å². The van der Waals surface area contributed by atoms with E-state index in [0.717, 1.165) is 67.7 Å². The molecule has 2 aromatic rings. The largest absolute Gasteiger partial charge is 0.377 e. The second kappa shape index (κ2) is 8.67. The fraction of sp³-hybridized carbons (Fsp3) is 0.542. The van der Waals surface area contributed by atoms with Crippen molar-refractivity contribution >= 4 is 17.5 Å². The summed E-state index contributed by atoms with van der Waals surface area (Å²) in [7, 11) is 0. The summed E-state index contributed by atoms with van der Waals surface area (Å²) in [4.78, 5) is 26.8.